The van der Waals surface area contributed by atoms with Crippen molar-refractivity contribution in [2.24, 2.45) is 11.8 Å². The van der Waals surface area contributed by atoms with E-state index in [9.17, 15) is 18.0 Å². The third-order valence-corrected chi connectivity index (χ3v) is 8.08. The molecule has 30 heavy (non-hydrogen) atoms. The number of carbonyl (C=O) groups is 2. The van der Waals surface area contributed by atoms with Crippen LogP contribution in [0.4, 0.5) is 5.69 Å². The lowest BCUT2D eigenvalue weighted by Crippen LogP contribution is -2.34. The predicted molar refractivity (Wildman–Crippen MR) is 107 cm³/mol. The van der Waals surface area contributed by atoms with Gasteiger partial charge in [-0.15, -0.1) is 0 Å². The van der Waals surface area contributed by atoms with Crippen molar-refractivity contribution in [1.82, 2.24) is 0 Å². The predicted octanol–water partition coefficient (Wildman–Crippen LogP) is 2.85. The molecule has 9 heteroatoms. The third-order valence-electron chi connectivity index (χ3n) is 6.08. The molecule has 3 aliphatic heterocycles. The summed E-state index contributed by atoms with van der Waals surface area (Å²) in [5, 5.41) is 0.414. The van der Waals surface area contributed by atoms with Gasteiger partial charge in [0.2, 0.25) is 21.7 Å². The molecular weight excluding hydrogens is 430 g/mol. The summed E-state index contributed by atoms with van der Waals surface area (Å²) in [6, 6.07) is 9.99. The van der Waals surface area contributed by atoms with Gasteiger partial charge in [-0.25, -0.2) is 13.3 Å². The molecule has 0 aliphatic carbocycles. The number of hydrogen-bond acceptors (Lipinski definition) is 6. The van der Waals surface area contributed by atoms with E-state index in [4.69, 9.17) is 21.1 Å². The molecule has 3 aliphatic rings. The second-order valence-corrected chi connectivity index (χ2v) is 10.1. The number of carbonyl (C=O) groups excluding carboxylic acids is 2. The Balaban J connectivity index is 1.58. The average molecular weight is 448 g/mol. The Hall–Kier alpha value is -2.42. The fraction of sp³-hybridized carbons (Fsp3) is 0.333. The summed E-state index contributed by atoms with van der Waals surface area (Å²) in [5.41, 5.74) is 0.186. The number of methoxy groups -OCH3 is 1. The highest BCUT2D eigenvalue weighted by atomic mass is 35.5. The lowest BCUT2D eigenvalue weighted by Gasteiger charge is -2.19. The van der Waals surface area contributed by atoms with Crippen molar-refractivity contribution < 1.29 is 27.5 Å². The van der Waals surface area contributed by atoms with Crippen molar-refractivity contribution in [2.75, 3.05) is 12.0 Å². The summed E-state index contributed by atoms with van der Waals surface area (Å²) in [6.07, 6.45) is 1.02. The van der Waals surface area contributed by atoms with Crippen LogP contribution in [-0.4, -0.2) is 39.5 Å². The minimum atomic E-state index is -3.92. The standard InChI is InChI=1S/C21H18ClNO6S/c1-28-13-8-12(9-15(10-13)30(26,27)14-4-2-11(22)3-5-14)23-20(24)18-16-6-7-17(29-16)19(18)21(23)25/h2-5,8-10,16-19H,6-7H2,1H3/t16-,17-,18-,19-/m1/s1. The Kier molecular flexibility index (Phi) is 4.43. The van der Waals surface area contributed by atoms with Crippen molar-refractivity contribution in [3.05, 3.63) is 47.5 Å². The normalized spacial score (nSPS) is 27.6. The number of anilines is 1. The Morgan fingerprint density at radius 3 is 2.13 bits per heavy atom. The summed E-state index contributed by atoms with van der Waals surface area (Å²) >= 11 is 5.87. The van der Waals surface area contributed by atoms with Crippen molar-refractivity contribution in [3.63, 3.8) is 0 Å². The van der Waals surface area contributed by atoms with Gasteiger partial charge >= 0.3 is 0 Å². The third kappa shape index (κ3) is 2.78. The largest absolute Gasteiger partial charge is 0.497 e. The summed E-state index contributed by atoms with van der Waals surface area (Å²) < 4.78 is 37.3. The van der Waals surface area contributed by atoms with Crippen LogP contribution in [0.3, 0.4) is 0 Å². The van der Waals surface area contributed by atoms with E-state index in [1.54, 1.807) is 0 Å². The van der Waals surface area contributed by atoms with Crippen LogP contribution in [0.5, 0.6) is 5.75 Å². The SMILES string of the molecule is COc1cc(N2C(=O)[C@H]3[C@H](C2=O)[C@H]2CC[C@H]3O2)cc(S(=O)(=O)c2ccc(Cl)cc2)c1. The fourth-order valence-electron chi connectivity index (χ4n) is 4.68. The summed E-state index contributed by atoms with van der Waals surface area (Å²) in [6.45, 7) is 0. The topological polar surface area (TPSA) is 90.0 Å². The number of hydrogen-bond donors (Lipinski definition) is 0. The Labute approximate surface area is 178 Å². The second-order valence-electron chi connectivity index (χ2n) is 7.68. The molecule has 2 aromatic rings. The first-order valence-corrected chi connectivity index (χ1v) is 11.4. The van der Waals surface area contributed by atoms with Gasteiger partial charge < -0.3 is 9.47 Å². The van der Waals surface area contributed by atoms with Gasteiger partial charge in [0.15, 0.2) is 0 Å². The van der Waals surface area contributed by atoms with E-state index in [1.165, 1.54) is 49.6 Å². The van der Waals surface area contributed by atoms with Crippen molar-refractivity contribution in [3.8, 4) is 5.75 Å². The van der Waals surface area contributed by atoms with Gasteiger partial charge in [-0.3, -0.25) is 9.59 Å². The van der Waals surface area contributed by atoms with Gasteiger partial charge in [-0.05, 0) is 49.2 Å². The smallest absolute Gasteiger partial charge is 0.240 e. The number of benzene rings is 2. The lowest BCUT2D eigenvalue weighted by molar-refractivity contribution is -0.124. The molecule has 0 aromatic heterocycles. The zero-order valence-corrected chi connectivity index (χ0v) is 17.5. The second kappa shape index (κ2) is 6.80. The molecule has 7 nitrogen and oxygen atoms in total. The number of halogens is 1. The minimum Gasteiger partial charge on any atom is -0.497 e. The van der Waals surface area contributed by atoms with E-state index >= 15 is 0 Å². The molecule has 0 saturated carbocycles. The van der Waals surface area contributed by atoms with Crippen LogP contribution < -0.4 is 9.64 Å². The highest BCUT2D eigenvalue weighted by molar-refractivity contribution is 7.91. The highest BCUT2D eigenvalue weighted by Crippen LogP contribution is 2.49. The molecule has 3 fully saturated rings. The van der Waals surface area contributed by atoms with Crippen LogP contribution in [0.25, 0.3) is 0 Å². The fourth-order valence-corrected chi connectivity index (χ4v) is 6.11. The quantitative estimate of drug-likeness (QED) is 0.669. The van der Waals surface area contributed by atoms with E-state index in [1.807, 2.05) is 0 Å². The van der Waals surface area contributed by atoms with Crippen molar-refractivity contribution >= 4 is 38.9 Å². The van der Waals surface area contributed by atoms with Crippen LogP contribution in [0.1, 0.15) is 12.8 Å². The van der Waals surface area contributed by atoms with Crippen LogP contribution in [0.15, 0.2) is 52.3 Å². The molecule has 156 valence electrons. The van der Waals surface area contributed by atoms with Crippen LogP contribution in [0, 0.1) is 11.8 Å². The summed E-state index contributed by atoms with van der Waals surface area (Å²) in [4.78, 5) is 27.2. The van der Waals surface area contributed by atoms with Gasteiger partial charge in [0.1, 0.15) is 5.75 Å². The Bertz CT molecular complexity index is 1130. The van der Waals surface area contributed by atoms with Crippen LogP contribution in [-0.2, 0) is 24.2 Å². The van der Waals surface area contributed by atoms with Gasteiger partial charge in [-0.1, -0.05) is 11.6 Å². The number of sulfone groups is 1. The molecule has 0 unspecified atom stereocenters. The van der Waals surface area contributed by atoms with Gasteiger partial charge in [0, 0.05) is 11.1 Å². The van der Waals surface area contributed by atoms with Crippen molar-refractivity contribution in [1.29, 1.82) is 0 Å². The van der Waals surface area contributed by atoms with Crippen LogP contribution >= 0.6 is 11.6 Å². The molecule has 0 radical (unpaired) electrons. The zero-order valence-electron chi connectivity index (χ0n) is 15.9. The first-order valence-electron chi connectivity index (χ1n) is 9.54. The zero-order chi connectivity index (χ0) is 21.2. The van der Waals surface area contributed by atoms with Gasteiger partial charge in [0.05, 0.1) is 46.6 Å². The molecule has 3 saturated heterocycles. The number of imide groups is 1. The molecule has 0 spiro atoms. The number of fused-ring (bicyclic) bond motifs is 5. The molecule has 0 N–H and O–H groups in total. The molecule has 2 bridgehead atoms. The number of ether oxygens (including phenoxy) is 2. The van der Waals surface area contributed by atoms with Crippen molar-refractivity contribution in [2.45, 2.75) is 34.8 Å². The highest BCUT2D eigenvalue weighted by Gasteiger charge is 2.62. The van der Waals surface area contributed by atoms with E-state index in [-0.39, 0.29) is 45.3 Å². The maximum Gasteiger partial charge on any atom is 0.240 e. The average Bonchev–Trinajstić information content (AvgIpc) is 3.41. The molecule has 4 atom stereocenters. The van der Waals surface area contributed by atoms with E-state index in [0.29, 0.717) is 5.02 Å². The summed E-state index contributed by atoms with van der Waals surface area (Å²) in [5.74, 6) is -1.46. The molecule has 5 rings (SSSR count). The van der Waals surface area contributed by atoms with Gasteiger partial charge in [0.25, 0.3) is 0 Å². The van der Waals surface area contributed by atoms with E-state index in [0.717, 1.165) is 17.7 Å². The first-order chi connectivity index (χ1) is 14.3. The monoisotopic (exact) mass is 447 g/mol. The van der Waals surface area contributed by atoms with E-state index < -0.39 is 21.7 Å². The molecule has 2 aromatic carbocycles. The minimum absolute atomic E-state index is 0.0495. The molecular formula is C21H18ClNO6S. The maximum atomic E-state index is 13.1. The summed E-state index contributed by atoms with van der Waals surface area (Å²) in [7, 11) is -2.52. The first kappa shape index (κ1) is 19.5. The van der Waals surface area contributed by atoms with Gasteiger partial charge in [-0.2, -0.15) is 0 Å². The van der Waals surface area contributed by atoms with E-state index in [2.05, 4.69) is 0 Å². The Morgan fingerprint density at radius 1 is 0.967 bits per heavy atom. The number of amides is 2. The lowest BCUT2D eigenvalue weighted by atomic mass is 9.81. The molecule has 2 amide bonds. The van der Waals surface area contributed by atoms with Crippen LogP contribution in [0.2, 0.25) is 5.02 Å². The molecule has 3 heterocycles. The Morgan fingerprint density at radius 2 is 1.57 bits per heavy atom. The number of nitrogens with zero attached hydrogens (tertiary/aromatic N) is 1. The maximum absolute atomic E-state index is 13.1. The number of rotatable bonds is 4.